The van der Waals surface area contributed by atoms with Crippen molar-refractivity contribution in [2.45, 2.75) is 52.5 Å². The van der Waals surface area contributed by atoms with Gasteiger partial charge in [0.15, 0.2) is 0 Å². The third-order valence-corrected chi connectivity index (χ3v) is 7.04. The first-order chi connectivity index (χ1) is 15.0. The number of hydrogen-bond acceptors (Lipinski definition) is 3. The standard InChI is InChI=1S/C27H37N3O/c1-20-6-10-25(11-7-20)29-17-14-24(15-18-29)27(31)28-22(3)23-8-12-26(13-9-23)30-16-4-5-21(2)19-30/h6-13,21-22,24H,4-5,14-19H2,1-3H3,(H,28,31)/t21-,22+/m1/s1. The Morgan fingerprint density at radius 3 is 2.16 bits per heavy atom. The molecule has 2 atom stereocenters. The number of nitrogens with zero attached hydrogens (tertiary/aromatic N) is 2. The molecule has 0 bridgehead atoms. The SMILES string of the molecule is Cc1ccc(N2CCC(C(=O)N[C@@H](C)c3ccc(N4CCC[C@@H](C)C4)cc3)CC2)cc1. The van der Waals surface area contributed by atoms with Crippen molar-refractivity contribution in [1.29, 1.82) is 0 Å². The molecule has 2 aromatic rings. The molecular formula is C27H37N3O. The summed E-state index contributed by atoms with van der Waals surface area (Å²) < 4.78 is 0. The average molecular weight is 420 g/mol. The zero-order valence-electron chi connectivity index (χ0n) is 19.3. The molecule has 1 N–H and O–H groups in total. The van der Waals surface area contributed by atoms with E-state index >= 15 is 0 Å². The minimum Gasteiger partial charge on any atom is -0.371 e. The predicted molar refractivity (Wildman–Crippen MR) is 130 cm³/mol. The van der Waals surface area contributed by atoms with Gasteiger partial charge in [-0.05, 0) is 75.3 Å². The molecular weight excluding hydrogens is 382 g/mol. The second kappa shape index (κ2) is 9.76. The Hall–Kier alpha value is -2.49. The summed E-state index contributed by atoms with van der Waals surface area (Å²) in [5.74, 6) is 1.08. The van der Waals surface area contributed by atoms with E-state index in [1.807, 2.05) is 0 Å². The lowest BCUT2D eigenvalue weighted by atomic mass is 9.94. The largest absolute Gasteiger partial charge is 0.371 e. The normalized spacial score (nSPS) is 21.1. The van der Waals surface area contributed by atoms with E-state index in [0.717, 1.165) is 44.9 Å². The number of rotatable bonds is 5. The van der Waals surface area contributed by atoms with E-state index in [1.54, 1.807) is 0 Å². The number of amides is 1. The van der Waals surface area contributed by atoms with Crippen molar-refractivity contribution >= 4 is 17.3 Å². The van der Waals surface area contributed by atoms with Gasteiger partial charge >= 0.3 is 0 Å². The highest BCUT2D eigenvalue weighted by Gasteiger charge is 2.26. The summed E-state index contributed by atoms with van der Waals surface area (Å²) in [6, 6.07) is 17.5. The first-order valence-electron chi connectivity index (χ1n) is 12.0. The van der Waals surface area contributed by atoms with Crippen LogP contribution >= 0.6 is 0 Å². The minimum atomic E-state index is 0.0388. The highest BCUT2D eigenvalue weighted by Crippen LogP contribution is 2.26. The Labute approximate surface area is 187 Å². The van der Waals surface area contributed by atoms with Crippen LogP contribution < -0.4 is 15.1 Å². The van der Waals surface area contributed by atoms with Gasteiger partial charge in [0.1, 0.15) is 0 Å². The van der Waals surface area contributed by atoms with Gasteiger partial charge < -0.3 is 15.1 Å². The summed E-state index contributed by atoms with van der Waals surface area (Å²) >= 11 is 0. The van der Waals surface area contributed by atoms with Crippen LogP contribution in [0.3, 0.4) is 0 Å². The predicted octanol–water partition coefficient (Wildman–Crippen LogP) is 5.33. The van der Waals surface area contributed by atoms with E-state index in [-0.39, 0.29) is 17.9 Å². The second-order valence-corrected chi connectivity index (χ2v) is 9.61. The van der Waals surface area contributed by atoms with E-state index in [2.05, 4.69) is 84.4 Å². The molecule has 4 rings (SSSR count). The fraction of sp³-hybridized carbons (Fsp3) is 0.519. The van der Waals surface area contributed by atoms with E-state index in [9.17, 15) is 4.79 Å². The Balaban J connectivity index is 1.28. The van der Waals surface area contributed by atoms with Crippen LogP contribution in [0.5, 0.6) is 0 Å². The van der Waals surface area contributed by atoms with Crippen LogP contribution in [0.25, 0.3) is 0 Å². The van der Waals surface area contributed by atoms with Crippen molar-refractivity contribution in [3.05, 3.63) is 59.7 Å². The van der Waals surface area contributed by atoms with Crippen LogP contribution in [0.2, 0.25) is 0 Å². The number of carbonyl (C=O) groups excluding carboxylic acids is 1. The maximum absolute atomic E-state index is 12.9. The van der Waals surface area contributed by atoms with Gasteiger partial charge in [-0.15, -0.1) is 0 Å². The molecule has 4 nitrogen and oxygen atoms in total. The molecule has 31 heavy (non-hydrogen) atoms. The monoisotopic (exact) mass is 419 g/mol. The van der Waals surface area contributed by atoms with Gasteiger partial charge in [-0.25, -0.2) is 0 Å². The van der Waals surface area contributed by atoms with Gasteiger partial charge in [0.25, 0.3) is 0 Å². The van der Waals surface area contributed by atoms with Gasteiger partial charge in [0, 0.05) is 43.5 Å². The molecule has 2 aliphatic heterocycles. The van der Waals surface area contributed by atoms with E-state index < -0.39 is 0 Å². The van der Waals surface area contributed by atoms with Gasteiger partial charge in [0.2, 0.25) is 5.91 Å². The lowest BCUT2D eigenvalue weighted by Gasteiger charge is -2.34. The second-order valence-electron chi connectivity index (χ2n) is 9.61. The smallest absolute Gasteiger partial charge is 0.223 e. The van der Waals surface area contributed by atoms with Gasteiger partial charge in [-0.1, -0.05) is 36.8 Å². The first kappa shape index (κ1) is 21.7. The van der Waals surface area contributed by atoms with Gasteiger partial charge in [-0.2, -0.15) is 0 Å². The quantitative estimate of drug-likeness (QED) is 0.712. The molecule has 1 amide bonds. The number of piperidine rings is 2. The Morgan fingerprint density at radius 2 is 1.52 bits per heavy atom. The molecule has 0 spiro atoms. The van der Waals surface area contributed by atoms with Crippen LogP contribution in [0.1, 0.15) is 56.7 Å². The first-order valence-corrected chi connectivity index (χ1v) is 12.0. The Morgan fingerprint density at radius 1 is 0.903 bits per heavy atom. The van der Waals surface area contributed by atoms with Crippen LogP contribution in [-0.2, 0) is 4.79 Å². The summed E-state index contributed by atoms with van der Waals surface area (Å²) in [4.78, 5) is 17.8. The topological polar surface area (TPSA) is 35.6 Å². The molecule has 2 fully saturated rings. The summed E-state index contributed by atoms with van der Waals surface area (Å²) in [7, 11) is 0. The summed E-state index contributed by atoms with van der Waals surface area (Å²) in [6.07, 6.45) is 4.44. The van der Waals surface area contributed by atoms with Crippen LogP contribution in [-0.4, -0.2) is 32.1 Å². The number of benzene rings is 2. The fourth-order valence-corrected chi connectivity index (χ4v) is 4.97. The molecule has 166 valence electrons. The van der Waals surface area contributed by atoms with Crippen molar-refractivity contribution < 1.29 is 4.79 Å². The zero-order valence-corrected chi connectivity index (χ0v) is 19.3. The van der Waals surface area contributed by atoms with E-state index in [0.29, 0.717) is 0 Å². The minimum absolute atomic E-state index is 0.0388. The molecule has 2 saturated heterocycles. The third-order valence-electron chi connectivity index (χ3n) is 7.04. The van der Waals surface area contributed by atoms with Crippen molar-refractivity contribution in [1.82, 2.24) is 5.32 Å². The summed E-state index contributed by atoms with van der Waals surface area (Å²) in [6.45, 7) is 10.7. The summed E-state index contributed by atoms with van der Waals surface area (Å²) in [5.41, 5.74) is 5.03. The van der Waals surface area contributed by atoms with Crippen molar-refractivity contribution in [3.8, 4) is 0 Å². The Bertz CT molecular complexity index is 853. The lowest BCUT2D eigenvalue weighted by molar-refractivity contribution is -0.126. The van der Waals surface area contributed by atoms with Crippen LogP contribution in [0, 0.1) is 18.8 Å². The number of nitrogens with one attached hydrogen (secondary N) is 1. The molecule has 0 aromatic heterocycles. The highest BCUT2D eigenvalue weighted by molar-refractivity contribution is 5.79. The summed E-state index contributed by atoms with van der Waals surface area (Å²) in [5, 5.41) is 3.26. The van der Waals surface area contributed by atoms with Gasteiger partial charge in [-0.3, -0.25) is 4.79 Å². The number of hydrogen-bond donors (Lipinski definition) is 1. The van der Waals surface area contributed by atoms with Crippen LogP contribution in [0.4, 0.5) is 11.4 Å². The van der Waals surface area contributed by atoms with Crippen molar-refractivity contribution in [3.63, 3.8) is 0 Å². The number of anilines is 2. The molecule has 0 radical (unpaired) electrons. The molecule has 2 aliphatic rings. The van der Waals surface area contributed by atoms with E-state index in [1.165, 1.54) is 35.3 Å². The maximum Gasteiger partial charge on any atom is 0.223 e. The zero-order chi connectivity index (χ0) is 21.8. The van der Waals surface area contributed by atoms with E-state index in [4.69, 9.17) is 0 Å². The number of carbonyl (C=O) groups is 1. The average Bonchev–Trinajstić information content (AvgIpc) is 2.80. The third kappa shape index (κ3) is 5.41. The van der Waals surface area contributed by atoms with Crippen LogP contribution in [0.15, 0.2) is 48.5 Å². The highest BCUT2D eigenvalue weighted by atomic mass is 16.1. The molecule has 2 heterocycles. The van der Waals surface area contributed by atoms with Crippen molar-refractivity contribution in [2.75, 3.05) is 36.0 Å². The van der Waals surface area contributed by atoms with Crippen molar-refractivity contribution in [2.24, 2.45) is 11.8 Å². The lowest BCUT2D eigenvalue weighted by Crippen LogP contribution is -2.41. The molecule has 4 heteroatoms. The maximum atomic E-state index is 12.9. The van der Waals surface area contributed by atoms with Gasteiger partial charge in [0.05, 0.1) is 6.04 Å². The molecule has 0 unspecified atom stereocenters. The fourth-order valence-electron chi connectivity index (χ4n) is 4.97. The molecule has 0 saturated carbocycles. The Kier molecular flexibility index (Phi) is 6.84. The molecule has 0 aliphatic carbocycles. The number of aryl methyl sites for hydroxylation is 1. The molecule has 2 aromatic carbocycles.